The summed E-state index contributed by atoms with van der Waals surface area (Å²) >= 11 is 5.79. The van der Waals surface area contributed by atoms with E-state index in [4.69, 9.17) is 21.1 Å². The lowest BCUT2D eigenvalue weighted by molar-refractivity contribution is -0.0921. The number of aromatic nitrogens is 1. The van der Waals surface area contributed by atoms with Crippen molar-refractivity contribution >= 4 is 17.4 Å². The lowest BCUT2D eigenvalue weighted by Gasteiger charge is -2.36. The van der Waals surface area contributed by atoms with Crippen LogP contribution in [0, 0.1) is 5.92 Å². The van der Waals surface area contributed by atoms with Crippen molar-refractivity contribution in [2.45, 2.75) is 24.9 Å². The molecule has 3 rings (SSSR count). The topological polar surface area (TPSA) is 48.4 Å². The zero-order valence-electron chi connectivity index (χ0n) is 10.6. The number of nitrogens with zero attached hydrogens (tertiary/aromatic N) is 1. The quantitative estimate of drug-likeness (QED) is 0.782. The SMILES string of the molecule is O=C(c1ccc(Cl)cn1)C1CCOC2(CCOC2)C1. The third-order valence-electron chi connectivity index (χ3n) is 3.91. The van der Waals surface area contributed by atoms with Crippen molar-refractivity contribution in [3.63, 3.8) is 0 Å². The van der Waals surface area contributed by atoms with E-state index in [1.54, 1.807) is 12.1 Å². The molecule has 2 aliphatic rings. The lowest BCUT2D eigenvalue weighted by atomic mass is 9.82. The highest BCUT2D eigenvalue weighted by molar-refractivity contribution is 6.30. The van der Waals surface area contributed by atoms with Crippen LogP contribution in [0.25, 0.3) is 0 Å². The molecule has 1 aromatic heterocycles. The van der Waals surface area contributed by atoms with Gasteiger partial charge in [-0.3, -0.25) is 9.78 Å². The van der Waals surface area contributed by atoms with Crippen LogP contribution < -0.4 is 0 Å². The van der Waals surface area contributed by atoms with Crippen LogP contribution in [0.4, 0.5) is 0 Å². The first kappa shape index (κ1) is 13.0. The number of ketones is 1. The molecule has 3 heterocycles. The fraction of sp³-hybridized carbons (Fsp3) is 0.571. The van der Waals surface area contributed by atoms with Gasteiger partial charge in [0.1, 0.15) is 5.69 Å². The van der Waals surface area contributed by atoms with Crippen LogP contribution in [0.15, 0.2) is 18.3 Å². The van der Waals surface area contributed by atoms with Gasteiger partial charge in [0.25, 0.3) is 0 Å². The minimum Gasteiger partial charge on any atom is -0.378 e. The van der Waals surface area contributed by atoms with Gasteiger partial charge in [-0.15, -0.1) is 0 Å². The number of carbonyl (C=O) groups is 1. The number of hydrogen-bond donors (Lipinski definition) is 0. The molecule has 2 aliphatic heterocycles. The third kappa shape index (κ3) is 2.66. The molecule has 2 atom stereocenters. The fourth-order valence-corrected chi connectivity index (χ4v) is 2.96. The summed E-state index contributed by atoms with van der Waals surface area (Å²) in [6.45, 7) is 1.94. The first-order chi connectivity index (χ1) is 9.19. The Morgan fingerprint density at radius 1 is 1.42 bits per heavy atom. The Labute approximate surface area is 117 Å². The summed E-state index contributed by atoms with van der Waals surface area (Å²) in [7, 11) is 0. The smallest absolute Gasteiger partial charge is 0.184 e. The molecular formula is C14H16ClNO3. The van der Waals surface area contributed by atoms with E-state index in [2.05, 4.69) is 4.98 Å². The molecule has 0 aliphatic carbocycles. The van der Waals surface area contributed by atoms with Crippen molar-refractivity contribution in [3.05, 3.63) is 29.0 Å². The maximum absolute atomic E-state index is 12.4. The van der Waals surface area contributed by atoms with Crippen LogP contribution in [0.2, 0.25) is 5.02 Å². The van der Waals surface area contributed by atoms with Crippen LogP contribution in [-0.2, 0) is 9.47 Å². The molecule has 0 N–H and O–H groups in total. The maximum Gasteiger partial charge on any atom is 0.184 e. The first-order valence-corrected chi connectivity index (χ1v) is 6.94. The Kier molecular flexibility index (Phi) is 3.56. The van der Waals surface area contributed by atoms with E-state index in [1.165, 1.54) is 6.20 Å². The number of rotatable bonds is 2. The summed E-state index contributed by atoms with van der Waals surface area (Å²) in [5.41, 5.74) is 0.246. The van der Waals surface area contributed by atoms with E-state index >= 15 is 0 Å². The molecule has 0 radical (unpaired) electrons. The Morgan fingerprint density at radius 2 is 2.32 bits per heavy atom. The van der Waals surface area contributed by atoms with E-state index in [0.717, 1.165) is 25.9 Å². The van der Waals surface area contributed by atoms with Crippen molar-refractivity contribution in [1.82, 2.24) is 4.98 Å². The molecule has 5 heteroatoms. The molecule has 2 fully saturated rings. The third-order valence-corrected chi connectivity index (χ3v) is 4.13. The largest absolute Gasteiger partial charge is 0.378 e. The molecule has 0 amide bonds. The number of Topliss-reactive ketones (excluding diaryl/α,β-unsaturated/α-hetero) is 1. The van der Waals surface area contributed by atoms with Crippen molar-refractivity contribution < 1.29 is 14.3 Å². The highest BCUT2D eigenvalue weighted by atomic mass is 35.5. The molecule has 0 bridgehead atoms. The maximum atomic E-state index is 12.4. The van der Waals surface area contributed by atoms with Crippen LogP contribution >= 0.6 is 11.6 Å². The summed E-state index contributed by atoms with van der Waals surface area (Å²) in [5, 5.41) is 0.546. The lowest BCUT2D eigenvalue weighted by Crippen LogP contribution is -2.42. The van der Waals surface area contributed by atoms with Gasteiger partial charge in [-0.1, -0.05) is 11.6 Å². The van der Waals surface area contributed by atoms with Gasteiger partial charge in [0.05, 0.1) is 17.2 Å². The molecular weight excluding hydrogens is 266 g/mol. The predicted molar refractivity (Wildman–Crippen MR) is 70.4 cm³/mol. The van der Waals surface area contributed by atoms with Gasteiger partial charge in [-0.25, -0.2) is 0 Å². The van der Waals surface area contributed by atoms with Gasteiger partial charge >= 0.3 is 0 Å². The second-order valence-electron chi connectivity index (χ2n) is 5.25. The van der Waals surface area contributed by atoms with Crippen molar-refractivity contribution in [2.75, 3.05) is 19.8 Å². The zero-order valence-corrected chi connectivity index (χ0v) is 11.4. The highest BCUT2D eigenvalue weighted by Gasteiger charge is 2.43. The number of carbonyl (C=O) groups excluding carboxylic acids is 1. The highest BCUT2D eigenvalue weighted by Crippen LogP contribution is 2.36. The second-order valence-corrected chi connectivity index (χ2v) is 5.69. The van der Waals surface area contributed by atoms with Gasteiger partial charge in [-0.2, -0.15) is 0 Å². The van der Waals surface area contributed by atoms with Crippen LogP contribution in [0.3, 0.4) is 0 Å². The minimum absolute atomic E-state index is 0.0240. The number of pyridine rings is 1. The molecule has 0 saturated carbocycles. The van der Waals surface area contributed by atoms with Crippen LogP contribution in [0.1, 0.15) is 29.8 Å². The van der Waals surface area contributed by atoms with Crippen molar-refractivity contribution in [1.29, 1.82) is 0 Å². The van der Waals surface area contributed by atoms with Crippen molar-refractivity contribution in [3.8, 4) is 0 Å². The molecule has 4 nitrogen and oxygen atoms in total. The Morgan fingerprint density at radius 3 is 3.00 bits per heavy atom. The van der Waals surface area contributed by atoms with Gasteiger partial charge in [0, 0.05) is 31.7 Å². The molecule has 2 saturated heterocycles. The fourth-order valence-electron chi connectivity index (χ4n) is 2.85. The minimum atomic E-state index is -0.245. The number of ether oxygens (including phenoxy) is 2. The van der Waals surface area contributed by atoms with Gasteiger partial charge < -0.3 is 9.47 Å². The van der Waals surface area contributed by atoms with Crippen molar-refractivity contribution in [2.24, 2.45) is 5.92 Å². The normalized spacial score (nSPS) is 30.7. The number of hydrogen-bond acceptors (Lipinski definition) is 4. The van der Waals surface area contributed by atoms with Gasteiger partial charge in [-0.05, 0) is 25.0 Å². The molecule has 1 aromatic rings. The van der Waals surface area contributed by atoms with Crippen LogP contribution in [-0.4, -0.2) is 36.2 Å². The standard InChI is InChI=1S/C14H16ClNO3/c15-11-1-2-12(16-8-11)13(17)10-3-5-19-14(7-10)4-6-18-9-14/h1-2,8,10H,3-7,9H2. The van der Waals surface area contributed by atoms with E-state index < -0.39 is 0 Å². The first-order valence-electron chi connectivity index (χ1n) is 6.56. The molecule has 2 unspecified atom stereocenters. The van der Waals surface area contributed by atoms with E-state index in [9.17, 15) is 4.79 Å². The van der Waals surface area contributed by atoms with E-state index in [1.807, 2.05) is 0 Å². The molecule has 102 valence electrons. The summed E-state index contributed by atoms with van der Waals surface area (Å²) in [6.07, 6.45) is 3.88. The molecule has 1 spiro atoms. The average molecular weight is 282 g/mol. The summed E-state index contributed by atoms with van der Waals surface area (Å²) in [4.78, 5) is 16.6. The Balaban J connectivity index is 1.74. The van der Waals surface area contributed by atoms with E-state index in [0.29, 0.717) is 23.9 Å². The Hall–Kier alpha value is -0.970. The van der Waals surface area contributed by atoms with Gasteiger partial charge in [0.2, 0.25) is 0 Å². The number of halogens is 1. The monoisotopic (exact) mass is 281 g/mol. The Bertz CT molecular complexity index is 468. The zero-order chi connectivity index (χ0) is 13.3. The predicted octanol–water partition coefficient (Wildman–Crippen LogP) is 2.50. The average Bonchev–Trinajstić information content (AvgIpc) is 2.87. The van der Waals surface area contributed by atoms with Crippen LogP contribution in [0.5, 0.6) is 0 Å². The summed E-state index contributed by atoms with van der Waals surface area (Å²) in [6, 6.07) is 3.40. The van der Waals surface area contributed by atoms with Gasteiger partial charge in [0.15, 0.2) is 5.78 Å². The summed E-state index contributed by atoms with van der Waals surface area (Å²) in [5.74, 6) is 0.0652. The molecule has 0 aromatic carbocycles. The molecule has 19 heavy (non-hydrogen) atoms. The van der Waals surface area contributed by atoms with E-state index in [-0.39, 0.29) is 17.3 Å². The summed E-state index contributed by atoms with van der Waals surface area (Å²) < 4.78 is 11.3. The second kappa shape index (κ2) is 5.19.